The fourth-order valence-corrected chi connectivity index (χ4v) is 2.52. The van der Waals surface area contributed by atoms with Gasteiger partial charge in [-0.05, 0) is 29.7 Å². The number of aryl methyl sites for hydroxylation is 1. The number of rotatable bonds is 1. The van der Waals surface area contributed by atoms with Crippen molar-refractivity contribution in [3.05, 3.63) is 70.8 Å². The van der Waals surface area contributed by atoms with E-state index in [1.54, 1.807) is 6.07 Å². The summed E-state index contributed by atoms with van der Waals surface area (Å²) < 4.78 is 5.40. The van der Waals surface area contributed by atoms with Gasteiger partial charge in [-0.15, -0.1) is 0 Å². The number of carbonyl (C=O) groups is 1. The van der Waals surface area contributed by atoms with Crippen molar-refractivity contribution in [3.63, 3.8) is 0 Å². The van der Waals surface area contributed by atoms with Crippen molar-refractivity contribution in [2.45, 2.75) is 25.9 Å². The van der Waals surface area contributed by atoms with Gasteiger partial charge in [0.05, 0.1) is 5.56 Å². The monoisotopic (exact) mass is 276 g/mol. The third-order valence-corrected chi connectivity index (χ3v) is 3.66. The molecule has 1 heterocycles. The first-order chi connectivity index (χ1) is 10.3. The lowest BCUT2D eigenvalue weighted by Gasteiger charge is -2.20. The SMILES string of the molecule is CCc1ccccc1C#CC1Cc2ccccc2C(=O)O1. The average Bonchev–Trinajstić information content (AvgIpc) is 2.53. The molecule has 0 saturated carbocycles. The molecule has 21 heavy (non-hydrogen) atoms. The normalized spacial score (nSPS) is 16.4. The highest BCUT2D eigenvalue weighted by atomic mass is 16.5. The molecule has 1 atom stereocenters. The van der Waals surface area contributed by atoms with E-state index in [0.29, 0.717) is 12.0 Å². The Hall–Kier alpha value is -2.53. The van der Waals surface area contributed by atoms with E-state index in [9.17, 15) is 4.79 Å². The van der Waals surface area contributed by atoms with Crippen LogP contribution >= 0.6 is 0 Å². The Balaban J connectivity index is 1.85. The van der Waals surface area contributed by atoms with Gasteiger partial charge in [-0.3, -0.25) is 0 Å². The Bertz CT molecular complexity index is 734. The second-order valence-corrected chi connectivity index (χ2v) is 5.04. The predicted octanol–water partition coefficient (Wildman–Crippen LogP) is 3.38. The Morgan fingerprint density at radius 3 is 2.76 bits per heavy atom. The van der Waals surface area contributed by atoms with E-state index in [0.717, 1.165) is 17.5 Å². The van der Waals surface area contributed by atoms with Gasteiger partial charge in [-0.2, -0.15) is 0 Å². The molecule has 2 heteroatoms. The summed E-state index contributed by atoms with van der Waals surface area (Å²) >= 11 is 0. The molecular weight excluding hydrogens is 260 g/mol. The molecule has 2 nitrogen and oxygen atoms in total. The Labute approximate surface area is 124 Å². The van der Waals surface area contributed by atoms with Crippen LogP contribution in [0.25, 0.3) is 0 Å². The zero-order chi connectivity index (χ0) is 14.7. The van der Waals surface area contributed by atoms with E-state index in [4.69, 9.17) is 4.74 Å². The maximum Gasteiger partial charge on any atom is 0.339 e. The van der Waals surface area contributed by atoms with Gasteiger partial charge in [0, 0.05) is 12.0 Å². The molecule has 1 aliphatic heterocycles. The van der Waals surface area contributed by atoms with Crippen LogP contribution in [0.15, 0.2) is 48.5 Å². The van der Waals surface area contributed by atoms with E-state index in [1.807, 2.05) is 36.4 Å². The number of esters is 1. The molecule has 0 bridgehead atoms. The fraction of sp³-hybridized carbons (Fsp3) is 0.211. The Kier molecular flexibility index (Phi) is 3.75. The molecule has 0 aliphatic carbocycles. The molecule has 1 aliphatic rings. The van der Waals surface area contributed by atoms with Gasteiger partial charge in [0.1, 0.15) is 0 Å². The molecule has 2 aromatic carbocycles. The van der Waals surface area contributed by atoms with Crippen LogP contribution in [-0.4, -0.2) is 12.1 Å². The minimum atomic E-state index is -0.364. The van der Waals surface area contributed by atoms with E-state index in [-0.39, 0.29) is 12.1 Å². The molecule has 0 spiro atoms. The molecule has 0 saturated heterocycles. The summed E-state index contributed by atoms with van der Waals surface area (Å²) in [5, 5.41) is 0. The minimum Gasteiger partial charge on any atom is -0.445 e. The molecular formula is C19H16O2. The quantitative estimate of drug-likeness (QED) is 0.589. The van der Waals surface area contributed by atoms with Crippen molar-refractivity contribution < 1.29 is 9.53 Å². The van der Waals surface area contributed by atoms with Crippen molar-refractivity contribution >= 4 is 5.97 Å². The third kappa shape index (κ3) is 2.83. The summed E-state index contributed by atoms with van der Waals surface area (Å²) in [6.45, 7) is 2.11. The number of cyclic esters (lactones) is 1. The van der Waals surface area contributed by atoms with Crippen molar-refractivity contribution in [1.82, 2.24) is 0 Å². The number of ether oxygens (including phenoxy) is 1. The van der Waals surface area contributed by atoms with Crippen LogP contribution in [0, 0.1) is 11.8 Å². The molecule has 0 N–H and O–H groups in total. The summed E-state index contributed by atoms with van der Waals surface area (Å²) in [5.41, 5.74) is 3.89. The van der Waals surface area contributed by atoms with Gasteiger partial charge in [0.25, 0.3) is 0 Å². The zero-order valence-electron chi connectivity index (χ0n) is 11.9. The van der Waals surface area contributed by atoms with Gasteiger partial charge >= 0.3 is 5.97 Å². The number of carbonyl (C=O) groups excluding carboxylic acids is 1. The smallest absolute Gasteiger partial charge is 0.339 e. The third-order valence-electron chi connectivity index (χ3n) is 3.66. The van der Waals surface area contributed by atoms with E-state index >= 15 is 0 Å². The van der Waals surface area contributed by atoms with Gasteiger partial charge in [0.15, 0.2) is 6.10 Å². The van der Waals surface area contributed by atoms with Gasteiger partial charge in [0.2, 0.25) is 0 Å². The van der Waals surface area contributed by atoms with Crippen LogP contribution in [0.3, 0.4) is 0 Å². The Morgan fingerprint density at radius 2 is 1.90 bits per heavy atom. The van der Waals surface area contributed by atoms with E-state index in [1.165, 1.54) is 5.56 Å². The largest absolute Gasteiger partial charge is 0.445 e. The summed E-state index contributed by atoms with van der Waals surface area (Å²) in [6, 6.07) is 15.6. The summed E-state index contributed by atoms with van der Waals surface area (Å²) in [6.07, 6.45) is 1.23. The lowest BCUT2D eigenvalue weighted by atomic mass is 9.98. The van der Waals surface area contributed by atoms with E-state index < -0.39 is 0 Å². The maximum absolute atomic E-state index is 11.9. The summed E-state index contributed by atoms with van der Waals surface area (Å²) in [5.74, 6) is 5.97. The molecule has 1 unspecified atom stereocenters. The number of hydrogen-bond acceptors (Lipinski definition) is 2. The zero-order valence-corrected chi connectivity index (χ0v) is 11.9. The molecule has 0 aromatic heterocycles. The maximum atomic E-state index is 11.9. The highest BCUT2D eigenvalue weighted by Gasteiger charge is 2.24. The molecule has 0 fully saturated rings. The van der Waals surface area contributed by atoms with Gasteiger partial charge in [-0.1, -0.05) is 55.2 Å². The summed E-state index contributed by atoms with van der Waals surface area (Å²) in [4.78, 5) is 11.9. The van der Waals surface area contributed by atoms with Crippen LogP contribution in [0.4, 0.5) is 0 Å². The van der Waals surface area contributed by atoms with Crippen LogP contribution in [0.5, 0.6) is 0 Å². The summed E-state index contributed by atoms with van der Waals surface area (Å²) in [7, 11) is 0. The first-order valence-corrected chi connectivity index (χ1v) is 7.16. The second-order valence-electron chi connectivity index (χ2n) is 5.04. The number of benzene rings is 2. The first-order valence-electron chi connectivity index (χ1n) is 7.16. The highest BCUT2D eigenvalue weighted by molar-refractivity contribution is 5.92. The minimum absolute atomic E-state index is 0.278. The van der Waals surface area contributed by atoms with Crippen molar-refractivity contribution in [1.29, 1.82) is 0 Å². The average molecular weight is 276 g/mol. The lowest BCUT2D eigenvalue weighted by Crippen LogP contribution is -2.26. The molecule has 3 rings (SSSR count). The van der Waals surface area contributed by atoms with Crippen molar-refractivity contribution in [3.8, 4) is 11.8 Å². The molecule has 104 valence electrons. The molecule has 0 radical (unpaired) electrons. The van der Waals surface area contributed by atoms with Gasteiger partial charge in [-0.25, -0.2) is 4.79 Å². The second kappa shape index (κ2) is 5.85. The van der Waals surface area contributed by atoms with Crippen LogP contribution in [-0.2, 0) is 17.6 Å². The number of hydrogen-bond donors (Lipinski definition) is 0. The predicted molar refractivity (Wildman–Crippen MR) is 82.0 cm³/mol. The fourth-order valence-electron chi connectivity index (χ4n) is 2.52. The van der Waals surface area contributed by atoms with Crippen molar-refractivity contribution in [2.24, 2.45) is 0 Å². The molecule has 2 aromatic rings. The first kappa shape index (κ1) is 13.5. The van der Waals surface area contributed by atoms with Crippen LogP contribution < -0.4 is 0 Å². The standard InChI is InChI=1S/C19H16O2/c1-2-14-7-3-4-8-15(14)11-12-17-13-16-9-5-6-10-18(16)19(20)21-17/h3-10,17H,2,13H2,1H3. The van der Waals surface area contributed by atoms with E-state index in [2.05, 4.69) is 24.8 Å². The Morgan fingerprint density at radius 1 is 1.14 bits per heavy atom. The lowest BCUT2D eigenvalue weighted by molar-refractivity contribution is 0.0374. The van der Waals surface area contributed by atoms with Crippen LogP contribution in [0.1, 0.15) is 34.0 Å². The topological polar surface area (TPSA) is 26.3 Å². The van der Waals surface area contributed by atoms with Crippen LogP contribution in [0.2, 0.25) is 0 Å². The molecule has 0 amide bonds. The van der Waals surface area contributed by atoms with Crippen molar-refractivity contribution in [2.75, 3.05) is 0 Å². The number of fused-ring (bicyclic) bond motifs is 1. The van der Waals surface area contributed by atoms with Gasteiger partial charge < -0.3 is 4.74 Å². The highest BCUT2D eigenvalue weighted by Crippen LogP contribution is 2.20.